The standard InChI is InChI=1S/C19H18BrCl2N3O4/c1-28-7-6-23-18(26)19(27)25-24-10-13-8-14(20)3-5-17(13)29-11-12-2-4-15(21)9-16(12)22/h2-5,8-10H,6-7,11H2,1H3,(H,23,26)(H,25,27)/b24-10-. The number of ether oxygens (including phenoxy) is 2. The zero-order chi connectivity index (χ0) is 21.2. The van der Waals surface area contributed by atoms with Crippen LogP contribution in [0.2, 0.25) is 10.0 Å². The van der Waals surface area contributed by atoms with E-state index in [1.54, 1.807) is 36.4 Å². The second-order valence-corrected chi connectivity index (χ2v) is 7.41. The molecule has 2 aromatic carbocycles. The normalized spacial score (nSPS) is 10.8. The summed E-state index contributed by atoms with van der Waals surface area (Å²) in [5.41, 5.74) is 3.52. The fourth-order valence-corrected chi connectivity index (χ4v) is 2.95. The fourth-order valence-electron chi connectivity index (χ4n) is 2.10. The maximum atomic E-state index is 11.7. The van der Waals surface area contributed by atoms with Gasteiger partial charge in [-0.05, 0) is 30.3 Å². The number of hydrogen-bond acceptors (Lipinski definition) is 5. The van der Waals surface area contributed by atoms with Crippen LogP contribution in [-0.4, -0.2) is 38.3 Å². The van der Waals surface area contributed by atoms with Crippen LogP contribution in [0.4, 0.5) is 0 Å². The first-order valence-electron chi connectivity index (χ1n) is 8.37. The number of carbonyl (C=O) groups is 2. The van der Waals surface area contributed by atoms with E-state index in [2.05, 4.69) is 31.8 Å². The third kappa shape index (κ3) is 7.66. The summed E-state index contributed by atoms with van der Waals surface area (Å²) in [4.78, 5) is 23.3. The third-order valence-corrected chi connectivity index (χ3v) is 4.62. The molecular weight excluding hydrogens is 485 g/mol. The number of hydrogen-bond donors (Lipinski definition) is 2. The second kappa shape index (κ2) is 11.8. The Morgan fingerprint density at radius 2 is 1.97 bits per heavy atom. The molecule has 0 aliphatic heterocycles. The molecule has 0 saturated carbocycles. The fraction of sp³-hybridized carbons (Fsp3) is 0.211. The zero-order valence-electron chi connectivity index (χ0n) is 15.4. The highest BCUT2D eigenvalue weighted by Crippen LogP contribution is 2.25. The van der Waals surface area contributed by atoms with Gasteiger partial charge in [0.05, 0.1) is 12.8 Å². The van der Waals surface area contributed by atoms with Gasteiger partial charge in [0.15, 0.2) is 0 Å². The molecule has 0 saturated heterocycles. The maximum Gasteiger partial charge on any atom is 0.329 e. The average Bonchev–Trinajstić information content (AvgIpc) is 2.68. The molecule has 154 valence electrons. The molecular formula is C19H18BrCl2N3O4. The number of nitrogens with zero attached hydrogens (tertiary/aromatic N) is 1. The highest BCUT2D eigenvalue weighted by Gasteiger charge is 2.12. The maximum absolute atomic E-state index is 11.7. The summed E-state index contributed by atoms with van der Waals surface area (Å²) in [5, 5.41) is 7.25. The lowest BCUT2D eigenvalue weighted by Crippen LogP contribution is -2.39. The van der Waals surface area contributed by atoms with Gasteiger partial charge in [-0.1, -0.05) is 45.2 Å². The minimum Gasteiger partial charge on any atom is -0.488 e. The van der Waals surface area contributed by atoms with Crippen LogP contribution in [0, 0.1) is 0 Å². The van der Waals surface area contributed by atoms with E-state index in [9.17, 15) is 9.59 Å². The Kier molecular flexibility index (Phi) is 9.40. The van der Waals surface area contributed by atoms with Crippen molar-refractivity contribution < 1.29 is 19.1 Å². The van der Waals surface area contributed by atoms with Gasteiger partial charge in [-0.3, -0.25) is 9.59 Å². The van der Waals surface area contributed by atoms with E-state index < -0.39 is 11.8 Å². The van der Waals surface area contributed by atoms with Crippen molar-refractivity contribution in [1.29, 1.82) is 0 Å². The van der Waals surface area contributed by atoms with Crippen molar-refractivity contribution >= 4 is 57.2 Å². The Hall–Kier alpha value is -2.13. The predicted octanol–water partition coefficient (Wildman–Crippen LogP) is 3.55. The molecule has 0 radical (unpaired) electrons. The van der Waals surface area contributed by atoms with E-state index in [4.69, 9.17) is 32.7 Å². The van der Waals surface area contributed by atoms with Crippen LogP contribution in [0.15, 0.2) is 46.0 Å². The smallest absolute Gasteiger partial charge is 0.329 e. The number of amides is 2. The van der Waals surface area contributed by atoms with Crippen molar-refractivity contribution in [3.05, 3.63) is 62.0 Å². The lowest BCUT2D eigenvalue weighted by Gasteiger charge is -2.11. The molecule has 0 bridgehead atoms. The average molecular weight is 503 g/mol. The molecule has 7 nitrogen and oxygen atoms in total. The van der Waals surface area contributed by atoms with Crippen LogP contribution >= 0.6 is 39.1 Å². The Morgan fingerprint density at radius 3 is 2.69 bits per heavy atom. The first-order chi connectivity index (χ1) is 13.9. The summed E-state index contributed by atoms with van der Waals surface area (Å²) in [6.07, 6.45) is 1.38. The summed E-state index contributed by atoms with van der Waals surface area (Å²) < 4.78 is 11.4. The predicted molar refractivity (Wildman–Crippen MR) is 116 cm³/mol. The molecule has 0 spiro atoms. The van der Waals surface area contributed by atoms with Crippen molar-refractivity contribution in [2.24, 2.45) is 5.10 Å². The highest BCUT2D eigenvalue weighted by atomic mass is 79.9. The lowest BCUT2D eigenvalue weighted by molar-refractivity contribution is -0.139. The number of rotatable bonds is 8. The van der Waals surface area contributed by atoms with Gasteiger partial charge in [0.25, 0.3) is 0 Å². The van der Waals surface area contributed by atoms with Crippen molar-refractivity contribution in [1.82, 2.24) is 10.7 Å². The third-order valence-electron chi connectivity index (χ3n) is 3.54. The molecule has 0 aliphatic rings. The number of carbonyl (C=O) groups excluding carboxylic acids is 2. The van der Waals surface area contributed by atoms with Gasteiger partial charge < -0.3 is 14.8 Å². The van der Waals surface area contributed by atoms with Gasteiger partial charge in [0.2, 0.25) is 0 Å². The van der Waals surface area contributed by atoms with Crippen LogP contribution in [0.25, 0.3) is 0 Å². The van der Waals surface area contributed by atoms with Crippen LogP contribution in [0.1, 0.15) is 11.1 Å². The number of nitrogens with one attached hydrogen (secondary N) is 2. The van der Waals surface area contributed by atoms with Crippen molar-refractivity contribution in [2.75, 3.05) is 20.3 Å². The molecule has 0 aliphatic carbocycles. The molecule has 0 fully saturated rings. The molecule has 2 amide bonds. The van der Waals surface area contributed by atoms with Crippen molar-refractivity contribution in [3.8, 4) is 5.75 Å². The monoisotopic (exact) mass is 501 g/mol. The Labute approximate surface area is 186 Å². The van der Waals surface area contributed by atoms with Gasteiger partial charge >= 0.3 is 11.8 Å². The molecule has 2 aromatic rings. The SMILES string of the molecule is COCCNC(=O)C(=O)N/N=C\c1cc(Br)ccc1OCc1ccc(Cl)cc1Cl. The quantitative estimate of drug-likeness (QED) is 0.250. The van der Waals surface area contributed by atoms with Gasteiger partial charge in [-0.25, -0.2) is 5.43 Å². The molecule has 2 N–H and O–H groups in total. The van der Waals surface area contributed by atoms with E-state index >= 15 is 0 Å². The zero-order valence-corrected chi connectivity index (χ0v) is 18.5. The van der Waals surface area contributed by atoms with E-state index in [0.29, 0.717) is 28.0 Å². The number of methoxy groups -OCH3 is 1. The summed E-state index contributed by atoms with van der Waals surface area (Å²) in [6, 6.07) is 10.4. The van der Waals surface area contributed by atoms with E-state index in [1.165, 1.54) is 13.3 Å². The number of halogens is 3. The summed E-state index contributed by atoms with van der Waals surface area (Å²) in [7, 11) is 1.50. The first-order valence-corrected chi connectivity index (χ1v) is 9.92. The van der Waals surface area contributed by atoms with Crippen LogP contribution in [-0.2, 0) is 20.9 Å². The minimum atomic E-state index is -0.886. The summed E-state index contributed by atoms with van der Waals surface area (Å²) in [5.74, 6) is -1.17. The summed E-state index contributed by atoms with van der Waals surface area (Å²) in [6.45, 7) is 0.745. The molecule has 0 aromatic heterocycles. The van der Waals surface area contributed by atoms with Crippen molar-refractivity contribution in [3.63, 3.8) is 0 Å². The van der Waals surface area contributed by atoms with Gasteiger partial charge in [-0.15, -0.1) is 0 Å². The van der Waals surface area contributed by atoms with Gasteiger partial charge in [-0.2, -0.15) is 5.10 Å². The van der Waals surface area contributed by atoms with Crippen molar-refractivity contribution in [2.45, 2.75) is 6.61 Å². The minimum absolute atomic E-state index is 0.215. The Balaban J connectivity index is 2.01. The number of benzene rings is 2. The van der Waals surface area contributed by atoms with Gasteiger partial charge in [0.1, 0.15) is 12.4 Å². The van der Waals surface area contributed by atoms with Crippen LogP contribution in [0.3, 0.4) is 0 Å². The Bertz CT molecular complexity index is 909. The van der Waals surface area contributed by atoms with E-state index in [-0.39, 0.29) is 13.2 Å². The Morgan fingerprint density at radius 1 is 1.17 bits per heavy atom. The molecule has 10 heteroatoms. The molecule has 0 unspecified atom stereocenters. The van der Waals surface area contributed by atoms with E-state index in [0.717, 1.165) is 10.0 Å². The van der Waals surface area contributed by atoms with E-state index in [1.807, 2.05) is 0 Å². The lowest BCUT2D eigenvalue weighted by atomic mass is 10.2. The molecule has 0 atom stereocenters. The van der Waals surface area contributed by atoms with Crippen LogP contribution < -0.4 is 15.5 Å². The molecule has 2 rings (SSSR count). The largest absolute Gasteiger partial charge is 0.488 e. The first kappa shape index (κ1) is 23.2. The highest BCUT2D eigenvalue weighted by molar-refractivity contribution is 9.10. The summed E-state index contributed by atoms with van der Waals surface area (Å²) >= 11 is 15.4. The number of hydrazone groups is 1. The molecule has 0 heterocycles. The van der Waals surface area contributed by atoms with Crippen LogP contribution in [0.5, 0.6) is 5.75 Å². The molecule has 29 heavy (non-hydrogen) atoms. The topological polar surface area (TPSA) is 89.0 Å². The second-order valence-electron chi connectivity index (χ2n) is 5.65. The van der Waals surface area contributed by atoms with Gasteiger partial charge in [0, 0.05) is 39.3 Å².